The molecule has 1 N–H and O–H groups in total. The number of fused-ring (bicyclic) bond motifs is 1. The van der Waals surface area contributed by atoms with Crippen molar-refractivity contribution in [2.45, 2.75) is 32.9 Å². The second-order valence-corrected chi connectivity index (χ2v) is 7.49. The molecule has 0 aliphatic carbocycles. The molecule has 2 aromatic heterocycles. The van der Waals surface area contributed by atoms with E-state index in [1.54, 1.807) is 6.21 Å². The van der Waals surface area contributed by atoms with Crippen molar-refractivity contribution < 1.29 is 4.79 Å². The van der Waals surface area contributed by atoms with Gasteiger partial charge in [-0.1, -0.05) is 30.0 Å². The van der Waals surface area contributed by atoms with E-state index in [4.69, 9.17) is 0 Å². The molecule has 0 spiro atoms. The van der Waals surface area contributed by atoms with Gasteiger partial charge in [-0.05, 0) is 39.3 Å². The molecule has 3 rings (SSSR count). The molecule has 0 bridgehead atoms. The summed E-state index contributed by atoms with van der Waals surface area (Å²) in [4.78, 5) is 20.7. The van der Waals surface area contributed by atoms with Gasteiger partial charge in [0.05, 0.1) is 17.5 Å². The van der Waals surface area contributed by atoms with Crippen molar-refractivity contribution in [2.24, 2.45) is 12.1 Å². The number of nitrogens with zero attached hydrogens (tertiary/aromatic N) is 4. The Kier molecular flexibility index (Phi) is 5.60. The minimum Gasteiger partial charge on any atom is -0.347 e. The molecule has 3 aromatic rings. The molecule has 0 saturated heterocycles. The number of aryl methyl sites for hydroxylation is 4. The lowest BCUT2D eigenvalue weighted by atomic mass is 10.1. The van der Waals surface area contributed by atoms with Crippen LogP contribution in [0.25, 0.3) is 10.9 Å². The number of rotatable bonds is 5. The van der Waals surface area contributed by atoms with Crippen LogP contribution in [0.4, 0.5) is 0 Å². The summed E-state index contributed by atoms with van der Waals surface area (Å²) in [6, 6.07) is 8.11. The first kappa shape index (κ1) is 19.1. The summed E-state index contributed by atoms with van der Waals surface area (Å²) in [6.45, 7) is 7.97. The lowest BCUT2D eigenvalue weighted by molar-refractivity contribution is -0.118. The van der Waals surface area contributed by atoms with Gasteiger partial charge < -0.3 is 4.57 Å². The smallest absolute Gasteiger partial charge is 0.250 e. The Balaban J connectivity index is 1.67. The molecule has 0 radical (unpaired) electrons. The maximum Gasteiger partial charge on any atom is 0.250 e. The highest BCUT2D eigenvalue weighted by Crippen LogP contribution is 2.26. The number of hydrogen-bond acceptors (Lipinski definition) is 5. The summed E-state index contributed by atoms with van der Waals surface area (Å²) < 4.78 is 2.15. The Bertz CT molecular complexity index is 1020. The Morgan fingerprint density at radius 1 is 1.22 bits per heavy atom. The zero-order valence-electron chi connectivity index (χ0n) is 16.2. The number of hydrogen-bond donors (Lipinski definition) is 1. The number of thioether (sulfide) groups is 1. The number of carbonyl (C=O) groups is 1. The van der Waals surface area contributed by atoms with Crippen molar-refractivity contribution in [1.82, 2.24) is 20.0 Å². The van der Waals surface area contributed by atoms with E-state index >= 15 is 0 Å². The van der Waals surface area contributed by atoms with E-state index < -0.39 is 0 Å². The van der Waals surface area contributed by atoms with Crippen LogP contribution >= 0.6 is 11.8 Å². The lowest BCUT2D eigenvalue weighted by Crippen LogP contribution is -2.20. The molecular formula is C20H23N5OS. The van der Waals surface area contributed by atoms with E-state index in [0.717, 1.165) is 28.0 Å². The summed E-state index contributed by atoms with van der Waals surface area (Å²) in [7, 11) is 2.04. The van der Waals surface area contributed by atoms with E-state index in [-0.39, 0.29) is 11.7 Å². The van der Waals surface area contributed by atoms with Gasteiger partial charge in [0.15, 0.2) is 5.16 Å². The van der Waals surface area contributed by atoms with Crippen molar-refractivity contribution in [3.05, 3.63) is 52.5 Å². The van der Waals surface area contributed by atoms with Crippen molar-refractivity contribution in [1.29, 1.82) is 0 Å². The molecule has 0 aliphatic rings. The predicted molar refractivity (Wildman–Crippen MR) is 110 cm³/mol. The average Bonchev–Trinajstić information content (AvgIpc) is 2.85. The van der Waals surface area contributed by atoms with Gasteiger partial charge in [0, 0.05) is 35.1 Å². The van der Waals surface area contributed by atoms with Crippen molar-refractivity contribution >= 4 is 34.8 Å². The third-order valence-corrected chi connectivity index (χ3v) is 5.28. The third-order valence-electron chi connectivity index (χ3n) is 4.43. The highest BCUT2D eigenvalue weighted by molar-refractivity contribution is 7.99. The molecule has 7 heteroatoms. The van der Waals surface area contributed by atoms with Gasteiger partial charge >= 0.3 is 0 Å². The SMILES string of the molecule is Cc1cc(C)nc(SCC(=O)N/N=C/c2c(C)n(C)c3c(C)cccc23)n1. The van der Waals surface area contributed by atoms with Gasteiger partial charge in [0.2, 0.25) is 0 Å². The number of amides is 1. The van der Waals surface area contributed by atoms with Gasteiger partial charge in [-0.15, -0.1) is 0 Å². The second-order valence-electron chi connectivity index (χ2n) is 6.54. The van der Waals surface area contributed by atoms with Gasteiger partial charge in [0.25, 0.3) is 5.91 Å². The van der Waals surface area contributed by atoms with Gasteiger partial charge in [-0.2, -0.15) is 5.10 Å². The van der Waals surface area contributed by atoms with E-state index in [9.17, 15) is 4.79 Å². The molecule has 0 unspecified atom stereocenters. The molecular weight excluding hydrogens is 358 g/mol. The standard InChI is InChI=1S/C20H23N5OS/c1-12-7-6-8-16-17(15(4)25(5)19(12)16)10-21-24-18(26)11-27-20-22-13(2)9-14(3)23-20/h6-10H,11H2,1-5H3,(H,24,26)/b21-10+. The topological polar surface area (TPSA) is 72.2 Å². The summed E-state index contributed by atoms with van der Waals surface area (Å²) in [5.74, 6) is 0.0292. The Labute approximate surface area is 163 Å². The number of hydrazone groups is 1. The lowest BCUT2D eigenvalue weighted by Gasteiger charge is -2.02. The van der Waals surface area contributed by atoms with Crippen molar-refractivity contribution in [3.63, 3.8) is 0 Å². The molecule has 1 amide bonds. The zero-order valence-corrected chi connectivity index (χ0v) is 17.0. The third kappa shape index (κ3) is 4.19. The zero-order chi connectivity index (χ0) is 19.6. The molecule has 2 heterocycles. The van der Waals surface area contributed by atoms with Gasteiger partial charge in [0.1, 0.15) is 0 Å². The fourth-order valence-electron chi connectivity index (χ4n) is 3.12. The summed E-state index contributed by atoms with van der Waals surface area (Å²) in [6.07, 6.45) is 1.72. The normalized spacial score (nSPS) is 11.4. The number of nitrogens with one attached hydrogen (secondary N) is 1. The van der Waals surface area contributed by atoms with Crippen LogP contribution in [-0.2, 0) is 11.8 Å². The number of carbonyl (C=O) groups excluding carboxylic acids is 1. The molecule has 1 aromatic carbocycles. The maximum atomic E-state index is 12.1. The van der Waals surface area contributed by atoms with Crippen LogP contribution in [-0.4, -0.2) is 32.4 Å². The first-order valence-corrected chi connectivity index (χ1v) is 9.67. The van der Waals surface area contributed by atoms with E-state index in [2.05, 4.69) is 51.0 Å². The Morgan fingerprint density at radius 3 is 2.63 bits per heavy atom. The number of para-hydroxylation sites is 1. The van der Waals surface area contributed by atoms with Crippen molar-refractivity contribution in [3.8, 4) is 0 Å². The molecule has 6 nitrogen and oxygen atoms in total. The molecule has 140 valence electrons. The first-order valence-electron chi connectivity index (χ1n) is 8.68. The van der Waals surface area contributed by atoms with Gasteiger partial charge in [-0.3, -0.25) is 4.79 Å². The number of aromatic nitrogens is 3. The minimum absolute atomic E-state index is 0.187. The van der Waals surface area contributed by atoms with Crippen LogP contribution < -0.4 is 5.43 Å². The van der Waals surface area contributed by atoms with Crippen molar-refractivity contribution in [2.75, 3.05) is 5.75 Å². The highest BCUT2D eigenvalue weighted by atomic mass is 32.2. The summed E-state index contributed by atoms with van der Waals surface area (Å²) >= 11 is 1.30. The van der Waals surface area contributed by atoms with Crippen LogP contribution in [0.1, 0.15) is 28.2 Å². The minimum atomic E-state index is -0.187. The van der Waals surface area contributed by atoms with E-state index in [1.165, 1.54) is 22.8 Å². The maximum absolute atomic E-state index is 12.1. The van der Waals surface area contributed by atoms with Crippen LogP contribution in [0, 0.1) is 27.7 Å². The average molecular weight is 382 g/mol. The van der Waals surface area contributed by atoms with Crippen LogP contribution in [0.15, 0.2) is 34.5 Å². The van der Waals surface area contributed by atoms with Gasteiger partial charge in [-0.25, -0.2) is 15.4 Å². The summed E-state index contributed by atoms with van der Waals surface area (Å²) in [5, 5.41) is 5.89. The molecule has 0 saturated carbocycles. The predicted octanol–water partition coefficient (Wildman–Crippen LogP) is 3.44. The fourth-order valence-corrected chi connectivity index (χ4v) is 3.86. The Hall–Kier alpha value is -2.67. The fraction of sp³-hybridized carbons (Fsp3) is 0.300. The molecule has 0 aliphatic heterocycles. The molecule has 0 fully saturated rings. The molecule has 0 atom stereocenters. The summed E-state index contributed by atoms with van der Waals surface area (Å²) in [5.41, 5.74) is 8.90. The van der Waals surface area contributed by atoms with Crippen LogP contribution in [0.2, 0.25) is 0 Å². The quantitative estimate of drug-likeness (QED) is 0.318. The number of benzene rings is 1. The monoisotopic (exact) mass is 381 g/mol. The largest absolute Gasteiger partial charge is 0.347 e. The second kappa shape index (κ2) is 7.92. The van der Waals surface area contributed by atoms with Crippen LogP contribution in [0.5, 0.6) is 0 Å². The Morgan fingerprint density at radius 2 is 1.93 bits per heavy atom. The van der Waals surface area contributed by atoms with E-state index in [1.807, 2.05) is 33.0 Å². The molecule has 27 heavy (non-hydrogen) atoms. The van der Waals surface area contributed by atoms with Crippen LogP contribution in [0.3, 0.4) is 0 Å². The highest BCUT2D eigenvalue weighted by Gasteiger charge is 2.12. The first-order chi connectivity index (χ1) is 12.9. The van der Waals surface area contributed by atoms with E-state index in [0.29, 0.717) is 5.16 Å².